The van der Waals surface area contributed by atoms with Gasteiger partial charge in [0, 0.05) is 5.56 Å². The zero-order valence-corrected chi connectivity index (χ0v) is 17.1. The monoisotopic (exact) mass is 426 g/mol. The molecule has 1 N–H and O–H groups in total. The molecule has 2 amide bonds. The Hall–Kier alpha value is -3.02. The summed E-state index contributed by atoms with van der Waals surface area (Å²) in [4.78, 5) is 25.1. The zero-order chi connectivity index (χ0) is 20.7. The average molecular weight is 427 g/mol. The van der Waals surface area contributed by atoms with Gasteiger partial charge in [-0.05, 0) is 73.5 Å². The van der Waals surface area contributed by atoms with Gasteiger partial charge in [-0.15, -0.1) is 0 Å². The highest BCUT2D eigenvalue weighted by Crippen LogP contribution is 2.30. The van der Waals surface area contributed by atoms with Crippen LogP contribution < -0.4 is 10.4 Å². The van der Waals surface area contributed by atoms with Crippen LogP contribution in [0.2, 0.25) is 10.0 Å². The van der Waals surface area contributed by atoms with Crippen LogP contribution in [-0.4, -0.2) is 11.8 Å². The topological polar surface area (TPSA) is 62.6 Å². The maximum absolute atomic E-state index is 12.8. The molecule has 0 aliphatic carbocycles. The lowest BCUT2D eigenvalue weighted by Gasteiger charge is -2.15. The lowest BCUT2D eigenvalue weighted by Crippen LogP contribution is -2.35. The van der Waals surface area contributed by atoms with Crippen LogP contribution in [-0.2, 0) is 9.59 Å². The van der Waals surface area contributed by atoms with Crippen molar-refractivity contribution in [2.45, 2.75) is 13.8 Å². The number of benzene rings is 2. The summed E-state index contributed by atoms with van der Waals surface area (Å²) in [6.45, 7) is 3.93. The number of hydrogen-bond acceptors (Lipinski definition) is 3. The van der Waals surface area contributed by atoms with Gasteiger partial charge in [0.15, 0.2) is 0 Å². The number of hydrogen-bond donors (Lipinski definition) is 1. The molecule has 1 saturated heterocycles. The molecule has 0 radical (unpaired) electrons. The van der Waals surface area contributed by atoms with Crippen LogP contribution in [0.3, 0.4) is 0 Å². The molecular weight excluding hydrogens is 411 g/mol. The third kappa shape index (κ3) is 3.67. The molecule has 0 spiro atoms. The highest BCUT2D eigenvalue weighted by atomic mass is 35.5. The molecule has 3 aromatic rings. The van der Waals surface area contributed by atoms with Crippen molar-refractivity contribution >= 4 is 46.8 Å². The molecule has 146 valence electrons. The number of nitrogens with zero attached hydrogens (tertiary/aromatic N) is 1. The van der Waals surface area contributed by atoms with Crippen molar-refractivity contribution in [1.29, 1.82) is 0 Å². The number of furan rings is 1. The van der Waals surface area contributed by atoms with Gasteiger partial charge in [-0.2, -0.15) is 0 Å². The molecule has 1 fully saturated rings. The van der Waals surface area contributed by atoms with Crippen LogP contribution in [0.25, 0.3) is 17.4 Å². The Labute approximate surface area is 177 Å². The highest BCUT2D eigenvalue weighted by molar-refractivity contribution is 6.42. The van der Waals surface area contributed by atoms with E-state index in [4.69, 9.17) is 27.6 Å². The Balaban J connectivity index is 1.62. The normalized spacial score (nSPS) is 15.3. The van der Waals surface area contributed by atoms with Crippen molar-refractivity contribution in [3.05, 3.63) is 81.0 Å². The quantitative estimate of drug-likeness (QED) is 0.454. The molecule has 0 unspecified atom stereocenters. The second-order valence-corrected chi connectivity index (χ2v) is 7.55. The summed E-state index contributed by atoms with van der Waals surface area (Å²) >= 11 is 12.0. The first-order valence-corrected chi connectivity index (χ1v) is 9.59. The summed E-state index contributed by atoms with van der Waals surface area (Å²) in [6.07, 6.45) is 1.43. The predicted molar refractivity (Wildman–Crippen MR) is 114 cm³/mol. The van der Waals surface area contributed by atoms with E-state index in [-0.39, 0.29) is 5.57 Å². The van der Waals surface area contributed by atoms with Crippen molar-refractivity contribution in [1.82, 2.24) is 5.43 Å². The summed E-state index contributed by atoms with van der Waals surface area (Å²) in [7, 11) is 0. The van der Waals surface area contributed by atoms with Gasteiger partial charge in [-0.1, -0.05) is 29.3 Å². The number of aryl methyl sites for hydroxylation is 2. The minimum Gasteiger partial charge on any atom is -0.457 e. The largest absolute Gasteiger partial charge is 0.457 e. The molecule has 0 bridgehead atoms. The van der Waals surface area contributed by atoms with E-state index in [0.29, 0.717) is 27.3 Å². The van der Waals surface area contributed by atoms with E-state index in [2.05, 4.69) is 5.43 Å². The number of amides is 2. The number of hydrazine groups is 1. The van der Waals surface area contributed by atoms with Crippen LogP contribution in [0.1, 0.15) is 16.9 Å². The fourth-order valence-electron chi connectivity index (χ4n) is 2.98. The van der Waals surface area contributed by atoms with Crippen molar-refractivity contribution < 1.29 is 14.0 Å². The number of halogens is 2. The molecule has 29 heavy (non-hydrogen) atoms. The van der Waals surface area contributed by atoms with Gasteiger partial charge in [0.25, 0.3) is 11.8 Å². The number of nitrogens with one attached hydrogen (secondary N) is 1. The van der Waals surface area contributed by atoms with E-state index >= 15 is 0 Å². The fourth-order valence-corrected chi connectivity index (χ4v) is 3.28. The van der Waals surface area contributed by atoms with Crippen LogP contribution in [0.4, 0.5) is 5.69 Å². The van der Waals surface area contributed by atoms with Crippen molar-refractivity contribution in [3.63, 3.8) is 0 Å². The van der Waals surface area contributed by atoms with E-state index in [1.165, 1.54) is 11.1 Å². The summed E-state index contributed by atoms with van der Waals surface area (Å²) in [5, 5.41) is 2.10. The molecule has 0 saturated carbocycles. The average Bonchev–Trinajstić information content (AvgIpc) is 3.26. The maximum Gasteiger partial charge on any atom is 0.282 e. The zero-order valence-electron chi connectivity index (χ0n) is 15.6. The lowest BCUT2D eigenvalue weighted by atomic mass is 10.1. The maximum atomic E-state index is 12.8. The van der Waals surface area contributed by atoms with Gasteiger partial charge in [0.2, 0.25) is 0 Å². The first kappa shape index (κ1) is 19.3. The smallest absolute Gasteiger partial charge is 0.282 e. The van der Waals surface area contributed by atoms with E-state index in [1.54, 1.807) is 36.4 Å². The van der Waals surface area contributed by atoms with Gasteiger partial charge in [-0.3, -0.25) is 15.0 Å². The molecule has 1 aliphatic heterocycles. The molecule has 7 heteroatoms. The van der Waals surface area contributed by atoms with E-state index in [0.717, 1.165) is 16.7 Å². The van der Waals surface area contributed by atoms with E-state index < -0.39 is 11.8 Å². The Morgan fingerprint density at radius 2 is 1.72 bits per heavy atom. The number of rotatable bonds is 3. The first-order chi connectivity index (χ1) is 13.8. The Kier molecular flexibility index (Phi) is 4.94. The van der Waals surface area contributed by atoms with Crippen LogP contribution in [0.15, 0.2) is 58.5 Å². The molecule has 1 aliphatic rings. The Morgan fingerprint density at radius 3 is 2.45 bits per heavy atom. The van der Waals surface area contributed by atoms with E-state index in [1.807, 2.05) is 26.0 Å². The molecule has 4 rings (SSSR count). The van der Waals surface area contributed by atoms with Gasteiger partial charge >= 0.3 is 0 Å². The van der Waals surface area contributed by atoms with Gasteiger partial charge in [-0.25, -0.2) is 5.01 Å². The molecule has 5 nitrogen and oxygen atoms in total. The van der Waals surface area contributed by atoms with Gasteiger partial charge in [0.1, 0.15) is 17.1 Å². The van der Waals surface area contributed by atoms with Crippen molar-refractivity contribution in [2.75, 3.05) is 5.01 Å². The summed E-state index contributed by atoms with van der Waals surface area (Å²) in [6, 6.07) is 14.1. The lowest BCUT2D eigenvalue weighted by molar-refractivity contribution is -0.117. The van der Waals surface area contributed by atoms with Crippen LogP contribution >= 0.6 is 23.2 Å². The minimum atomic E-state index is -0.485. The molecular formula is C22H16Cl2N2O3. The SMILES string of the molecule is Cc1ccc(N2NC(=O)C(=Cc3ccc(-c4ccc(Cl)c(Cl)c4)o3)C2=O)cc1C. The third-order valence-corrected chi connectivity index (χ3v) is 5.50. The Morgan fingerprint density at radius 1 is 0.931 bits per heavy atom. The van der Waals surface area contributed by atoms with Crippen LogP contribution in [0, 0.1) is 13.8 Å². The standard InChI is InChI=1S/C22H16Cl2N2O3/c1-12-3-5-15(9-13(12)2)26-22(28)17(21(27)25-26)11-16-6-8-20(29-16)14-4-7-18(23)19(24)10-14/h3-11H,1-2H3,(H,25,27). The predicted octanol–water partition coefficient (Wildman–Crippen LogP) is 5.33. The molecule has 1 aromatic heterocycles. The number of anilines is 1. The second kappa shape index (κ2) is 7.43. The molecule has 2 aromatic carbocycles. The minimum absolute atomic E-state index is 0.00161. The number of carbonyl (C=O) groups is 2. The third-order valence-electron chi connectivity index (χ3n) is 4.76. The van der Waals surface area contributed by atoms with Crippen molar-refractivity contribution in [3.8, 4) is 11.3 Å². The Bertz CT molecular complexity index is 1180. The second-order valence-electron chi connectivity index (χ2n) is 6.74. The van der Waals surface area contributed by atoms with Crippen LogP contribution in [0.5, 0.6) is 0 Å². The fraction of sp³-hybridized carbons (Fsp3) is 0.0909. The van der Waals surface area contributed by atoms with Gasteiger partial charge in [0.05, 0.1) is 15.7 Å². The first-order valence-electron chi connectivity index (χ1n) is 8.83. The highest BCUT2D eigenvalue weighted by Gasteiger charge is 2.34. The van der Waals surface area contributed by atoms with Crippen molar-refractivity contribution in [2.24, 2.45) is 0 Å². The summed E-state index contributed by atoms with van der Waals surface area (Å²) in [5.74, 6) is 0.00486. The molecule has 2 heterocycles. The summed E-state index contributed by atoms with van der Waals surface area (Å²) < 4.78 is 5.77. The summed E-state index contributed by atoms with van der Waals surface area (Å²) in [5.41, 5.74) is 6.06. The van der Waals surface area contributed by atoms with Gasteiger partial charge < -0.3 is 4.42 Å². The number of carbonyl (C=O) groups excluding carboxylic acids is 2. The van der Waals surface area contributed by atoms with E-state index in [9.17, 15) is 9.59 Å². The molecule has 0 atom stereocenters.